The average molecular weight is 305 g/mol. The summed E-state index contributed by atoms with van der Waals surface area (Å²) in [5.41, 5.74) is 0.339. The van der Waals surface area contributed by atoms with Crippen LogP contribution in [-0.4, -0.2) is 31.1 Å². The molecule has 2 nitrogen and oxygen atoms in total. The van der Waals surface area contributed by atoms with Gasteiger partial charge in [-0.3, -0.25) is 0 Å². The fourth-order valence-electron chi connectivity index (χ4n) is 2.06. The molecule has 0 aliphatic carbocycles. The molecular formula is C12H15BrF2N2. The topological polar surface area (TPSA) is 15.3 Å². The number of hydrogen-bond donors (Lipinski definition) is 1. The lowest BCUT2D eigenvalue weighted by molar-refractivity contribution is 0.352. The number of benzene rings is 1. The van der Waals surface area contributed by atoms with E-state index in [-0.39, 0.29) is 0 Å². The van der Waals surface area contributed by atoms with E-state index in [1.54, 1.807) is 0 Å². The van der Waals surface area contributed by atoms with Crippen molar-refractivity contribution in [3.05, 3.63) is 28.2 Å². The van der Waals surface area contributed by atoms with Crippen molar-refractivity contribution in [2.45, 2.75) is 12.8 Å². The maximum atomic E-state index is 13.5. The third-order valence-electron chi connectivity index (χ3n) is 2.94. The van der Waals surface area contributed by atoms with Crippen molar-refractivity contribution in [1.82, 2.24) is 4.90 Å². The first-order chi connectivity index (χ1) is 8.16. The second kappa shape index (κ2) is 5.78. The minimum Gasteiger partial charge on any atom is -0.380 e. The van der Waals surface area contributed by atoms with E-state index in [0.717, 1.165) is 25.7 Å². The minimum atomic E-state index is -0.570. The fraction of sp³-hybridized carbons (Fsp3) is 0.500. The van der Waals surface area contributed by atoms with E-state index in [4.69, 9.17) is 0 Å². The predicted octanol–water partition coefficient (Wildman–Crippen LogP) is 3.24. The molecule has 1 N–H and O–H groups in total. The fourth-order valence-corrected chi connectivity index (χ4v) is 2.60. The Morgan fingerprint density at radius 1 is 1.24 bits per heavy atom. The van der Waals surface area contributed by atoms with Crippen LogP contribution in [0.4, 0.5) is 14.5 Å². The van der Waals surface area contributed by atoms with E-state index < -0.39 is 11.6 Å². The first-order valence-corrected chi connectivity index (χ1v) is 6.57. The largest absolute Gasteiger partial charge is 0.380 e. The summed E-state index contributed by atoms with van der Waals surface area (Å²) < 4.78 is 26.8. The first kappa shape index (κ1) is 12.8. The SMILES string of the molecule is Fc1cc(F)c(NCCN2CCCC2)c(Br)c1. The predicted molar refractivity (Wildman–Crippen MR) is 68.2 cm³/mol. The number of nitrogens with one attached hydrogen (secondary N) is 1. The molecule has 2 rings (SSSR count). The van der Waals surface area contributed by atoms with Crippen LogP contribution in [0.3, 0.4) is 0 Å². The molecule has 1 aromatic carbocycles. The van der Waals surface area contributed by atoms with Gasteiger partial charge < -0.3 is 10.2 Å². The first-order valence-electron chi connectivity index (χ1n) is 5.77. The lowest BCUT2D eigenvalue weighted by Gasteiger charge is -2.16. The lowest BCUT2D eigenvalue weighted by atomic mass is 10.3. The van der Waals surface area contributed by atoms with Gasteiger partial charge in [0.25, 0.3) is 0 Å². The summed E-state index contributed by atoms with van der Waals surface area (Å²) in [6, 6.07) is 2.16. The smallest absolute Gasteiger partial charge is 0.150 e. The van der Waals surface area contributed by atoms with Crippen molar-refractivity contribution in [3.8, 4) is 0 Å². The number of anilines is 1. The molecule has 0 amide bonds. The maximum absolute atomic E-state index is 13.5. The summed E-state index contributed by atoms with van der Waals surface area (Å²) >= 11 is 3.16. The normalized spacial score (nSPS) is 16.4. The van der Waals surface area contributed by atoms with Crippen LogP contribution in [0, 0.1) is 11.6 Å². The van der Waals surface area contributed by atoms with Crippen LogP contribution in [0.2, 0.25) is 0 Å². The molecule has 1 aliphatic heterocycles. The van der Waals surface area contributed by atoms with Crippen LogP contribution in [0.5, 0.6) is 0 Å². The number of hydrogen-bond acceptors (Lipinski definition) is 2. The minimum absolute atomic E-state index is 0.339. The van der Waals surface area contributed by atoms with E-state index in [0.29, 0.717) is 16.7 Å². The molecule has 1 saturated heterocycles. The Kier molecular flexibility index (Phi) is 4.34. The Hall–Kier alpha value is -0.680. The second-order valence-electron chi connectivity index (χ2n) is 4.22. The molecule has 0 unspecified atom stereocenters. The highest BCUT2D eigenvalue weighted by atomic mass is 79.9. The molecule has 0 atom stereocenters. The van der Waals surface area contributed by atoms with E-state index in [1.165, 1.54) is 18.9 Å². The Morgan fingerprint density at radius 3 is 2.59 bits per heavy atom. The highest BCUT2D eigenvalue weighted by molar-refractivity contribution is 9.10. The van der Waals surface area contributed by atoms with Crippen molar-refractivity contribution in [2.75, 3.05) is 31.5 Å². The zero-order valence-electron chi connectivity index (χ0n) is 9.48. The van der Waals surface area contributed by atoms with E-state index in [1.807, 2.05) is 0 Å². The van der Waals surface area contributed by atoms with E-state index in [9.17, 15) is 8.78 Å². The number of likely N-dealkylation sites (tertiary alicyclic amines) is 1. The molecule has 0 aromatic heterocycles. The summed E-state index contributed by atoms with van der Waals surface area (Å²) in [5, 5.41) is 3.01. The van der Waals surface area contributed by atoms with Gasteiger partial charge in [0, 0.05) is 23.6 Å². The van der Waals surface area contributed by atoms with Crippen molar-refractivity contribution >= 4 is 21.6 Å². The van der Waals surface area contributed by atoms with Crippen LogP contribution in [0.1, 0.15) is 12.8 Å². The molecular weight excluding hydrogens is 290 g/mol. The molecule has 17 heavy (non-hydrogen) atoms. The summed E-state index contributed by atoms with van der Waals surface area (Å²) in [7, 11) is 0. The van der Waals surface area contributed by atoms with Crippen LogP contribution in [-0.2, 0) is 0 Å². The highest BCUT2D eigenvalue weighted by Crippen LogP contribution is 2.26. The van der Waals surface area contributed by atoms with Crippen molar-refractivity contribution in [3.63, 3.8) is 0 Å². The molecule has 5 heteroatoms. The van der Waals surface area contributed by atoms with Crippen LogP contribution < -0.4 is 5.32 Å². The Morgan fingerprint density at radius 2 is 1.94 bits per heavy atom. The van der Waals surface area contributed by atoms with Crippen LogP contribution in [0.25, 0.3) is 0 Å². The van der Waals surface area contributed by atoms with Crippen molar-refractivity contribution in [2.24, 2.45) is 0 Å². The monoisotopic (exact) mass is 304 g/mol. The number of halogens is 3. The molecule has 1 heterocycles. The standard InChI is InChI=1S/C12H15BrF2N2/c13-10-7-9(14)8-11(15)12(10)16-3-6-17-4-1-2-5-17/h7-8,16H,1-6H2. The van der Waals surface area contributed by atoms with E-state index in [2.05, 4.69) is 26.1 Å². The quantitative estimate of drug-likeness (QED) is 0.919. The molecule has 0 radical (unpaired) electrons. The number of nitrogens with zero attached hydrogens (tertiary/aromatic N) is 1. The highest BCUT2D eigenvalue weighted by Gasteiger charge is 2.12. The van der Waals surface area contributed by atoms with Gasteiger partial charge in [0.15, 0.2) is 0 Å². The Balaban J connectivity index is 1.89. The third kappa shape index (κ3) is 3.39. The third-order valence-corrected chi connectivity index (χ3v) is 3.56. The van der Waals surface area contributed by atoms with Gasteiger partial charge in [-0.05, 0) is 47.9 Å². The van der Waals surface area contributed by atoms with Gasteiger partial charge in [-0.15, -0.1) is 0 Å². The second-order valence-corrected chi connectivity index (χ2v) is 5.07. The average Bonchev–Trinajstić information content (AvgIpc) is 2.74. The van der Waals surface area contributed by atoms with Gasteiger partial charge >= 0.3 is 0 Å². The molecule has 0 saturated carbocycles. The molecule has 1 aliphatic rings. The molecule has 1 fully saturated rings. The van der Waals surface area contributed by atoms with Gasteiger partial charge in [0.1, 0.15) is 11.6 Å². The van der Waals surface area contributed by atoms with Gasteiger partial charge in [-0.25, -0.2) is 8.78 Å². The Bertz CT molecular complexity index is 369. The van der Waals surface area contributed by atoms with Gasteiger partial charge in [0.05, 0.1) is 5.69 Å². The summed E-state index contributed by atoms with van der Waals surface area (Å²) in [4.78, 5) is 2.34. The molecule has 94 valence electrons. The van der Waals surface area contributed by atoms with Gasteiger partial charge in [0.2, 0.25) is 0 Å². The lowest BCUT2D eigenvalue weighted by Crippen LogP contribution is -2.26. The van der Waals surface area contributed by atoms with Gasteiger partial charge in [-0.1, -0.05) is 0 Å². The number of rotatable bonds is 4. The van der Waals surface area contributed by atoms with Crippen LogP contribution >= 0.6 is 15.9 Å². The summed E-state index contributed by atoms with van der Waals surface area (Å²) in [6.07, 6.45) is 2.49. The maximum Gasteiger partial charge on any atom is 0.150 e. The zero-order valence-corrected chi connectivity index (χ0v) is 11.1. The molecule has 0 spiro atoms. The molecule has 0 bridgehead atoms. The van der Waals surface area contributed by atoms with Gasteiger partial charge in [-0.2, -0.15) is 0 Å². The van der Waals surface area contributed by atoms with Crippen LogP contribution in [0.15, 0.2) is 16.6 Å². The Labute approximate surface area is 108 Å². The summed E-state index contributed by atoms with van der Waals surface area (Å²) in [5.74, 6) is -1.13. The summed E-state index contributed by atoms with van der Waals surface area (Å²) in [6.45, 7) is 3.80. The van der Waals surface area contributed by atoms with Crippen molar-refractivity contribution < 1.29 is 8.78 Å². The molecule has 1 aromatic rings. The zero-order chi connectivity index (χ0) is 12.3. The van der Waals surface area contributed by atoms with Crippen molar-refractivity contribution in [1.29, 1.82) is 0 Å². The van der Waals surface area contributed by atoms with E-state index >= 15 is 0 Å².